The Morgan fingerprint density at radius 2 is 2.10 bits per heavy atom. The molecule has 1 saturated heterocycles. The summed E-state index contributed by atoms with van der Waals surface area (Å²) in [6.07, 6.45) is 5.69. The molecule has 1 atom stereocenters. The molecule has 1 aliphatic carbocycles. The monoisotopic (exact) mass is 290 g/mol. The van der Waals surface area contributed by atoms with Crippen molar-refractivity contribution in [2.45, 2.75) is 44.6 Å². The van der Waals surface area contributed by atoms with Gasteiger partial charge in [0.05, 0.1) is 6.04 Å². The van der Waals surface area contributed by atoms with E-state index >= 15 is 0 Å². The van der Waals surface area contributed by atoms with Crippen molar-refractivity contribution in [1.29, 1.82) is 0 Å². The van der Waals surface area contributed by atoms with E-state index < -0.39 is 0 Å². The molecule has 1 heterocycles. The number of halogens is 1. The van der Waals surface area contributed by atoms with E-state index in [4.69, 9.17) is 0 Å². The van der Waals surface area contributed by atoms with Crippen LogP contribution < -0.4 is 10.6 Å². The topological polar surface area (TPSA) is 41.1 Å². The summed E-state index contributed by atoms with van der Waals surface area (Å²) in [5, 5.41) is 6.46. The van der Waals surface area contributed by atoms with Crippen LogP contribution in [-0.4, -0.2) is 19.0 Å². The summed E-state index contributed by atoms with van der Waals surface area (Å²) in [7, 11) is 0. The van der Waals surface area contributed by atoms with Crippen LogP contribution in [0.25, 0.3) is 0 Å². The predicted octanol–water partition coefficient (Wildman–Crippen LogP) is 2.71. The number of aryl methyl sites for hydroxylation is 1. The van der Waals surface area contributed by atoms with Crippen LogP contribution in [0.4, 0.5) is 4.39 Å². The number of benzene rings is 1. The normalized spacial score (nSPS) is 22.0. The summed E-state index contributed by atoms with van der Waals surface area (Å²) < 4.78 is 13.2. The van der Waals surface area contributed by atoms with Crippen molar-refractivity contribution in [3.05, 3.63) is 35.1 Å². The van der Waals surface area contributed by atoms with E-state index in [1.807, 2.05) is 6.07 Å². The molecule has 3 rings (SSSR count). The second kappa shape index (κ2) is 6.56. The molecule has 1 aromatic rings. The number of fused-ring (bicyclic) bond motifs is 1. The molecule has 1 aliphatic heterocycles. The zero-order valence-electron chi connectivity index (χ0n) is 12.3. The van der Waals surface area contributed by atoms with Gasteiger partial charge in [0.2, 0.25) is 5.91 Å². The minimum absolute atomic E-state index is 0.0705. The molecule has 1 amide bonds. The first kappa shape index (κ1) is 14.5. The molecule has 21 heavy (non-hydrogen) atoms. The van der Waals surface area contributed by atoms with Gasteiger partial charge in [-0.15, -0.1) is 0 Å². The molecular formula is C17H23FN2O. The van der Waals surface area contributed by atoms with E-state index in [2.05, 4.69) is 10.6 Å². The third-order valence-corrected chi connectivity index (χ3v) is 4.76. The van der Waals surface area contributed by atoms with Gasteiger partial charge < -0.3 is 10.6 Å². The first-order valence-corrected chi connectivity index (χ1v) is 8.01. The minimum Gasteiger partial charge on any atom is -0.349 e. The van der Waals surface area contributed by atoms with Crippen molar-refractivity contribution in [1.82, 2.24) is 10.6 Å². The average Bonchev–Trinajstić information content (AvgIpc) is 2.88. The highest BCUT2D eigenvalue weighted by Gasteiger charge is 2.24. The molecule has 0 saturated carbocycles. The van der Waals surface area contributed by atoms with Gasteiger partial charge in [-0.2, -0.15) is 0 Å². The summed E-state index contributed by atoms with van der Waals surface area (Å²) >= 11 is 0. The number of piperidine rings is 1. The Labute approximate surface area is 125 Å². The van der Waals surface area contributed by atoms with Crippen LogP contribution in [0.1, 0.15) is 49.3 Å². The van der Waals surface area contributed by atoms with E-state index in [0.717, 1.165) is 43.5 Å². The van der Waals surface area contributed by atoms with Gasteiger partial charge in [0.1, 0.15) is 5.82 Å². The standard InChI is InChI=1S/C17H23FN2O/c18-14-3-4-15-13(11-14)2-5-16(15)20-17(21)6-1-12-7-9-19-10-8-12/h3-4,11-12,16,19H,1-2,5-10H2,(H,20,21). The average molecular weight is 290 g/mol. The minimum atomic E-state index is -0.188. The van der Waals surface area contributed by atoms with Crippen LogP contribution in [0.15, 0.2) is 18.2 Å². The molecule has 0 aromatic heterocycles. The number of nitrogens with one attached hydrogen (secondary N) is 2. The fourth-order valence-corrected chi connectivity index (χ4v) is 3.51. The maximum Gasteiger partial charge on any atom is 0.220 e. The Balaban J connectivity index is 1.50. The van der Waals surface area contributed by atoms with Crippen LogP contribution >= 0.6 is 0 Å². The summed E-state index contributed by atoms with van der Waals surface area (Å²) in [6.45, 7) is 2.15. The second-order valence-electron chi connectivity index (χ2n) is 6.23. The molecule has 3 nitrogen and oxygen atoms in total. The zero-order valence-corrected chi connectivity index (χ0v) is 12.3. The quantitative estimate of drug-likeness (QED) is 0.895. The van der Waals surface area contributed by atoms with Crippen LogP contribution in [-0.2, 0) is 11.2 Å². The molecule has 1 fully saturated rings. The Bertz CT molecular complexity index is 512. The second-order valence-corrected chi connectivity index (χ2v) is 6.23. The van der Waals surface area contributed by atoms with E-state index in [1.54, 1.807) is 6.07 Å². The van der Waals surface area contributed by atoms with Gasteiger partial charge in [0.15, 0.2) is 0 Å². The summed E-state index contributed by atoms with van der Waals surface area (Å²) in [6, 6.07) is 4.96. The molecular weight excluding hydrogens is 267 g/mol. The predicted molar refractivity (Wildman–Crippen MR) is 80.4 cm³/mol. The van der Waals surface area contributed by atoms with Gasteiger partial charge in [-0.25, -0.2) is 4.39 Å². The first-order valence-electron chi connectivity index (χ1n) is 8.01. The highest BCUT2D eigenvalue weighted by atomic mass is 19.1. The van der Waals surface area contributed by atoms with Crippen molar-refractivity contribution >= 4 is 5.91 Å². The SMILES string of the molecule is O=C(CCC1CCNCC1)NC1CCc2cc(F)ccc21. The number of hydrogen-bond acceptors (Lipinski definition) is 2. The molecule has 0 radical (unpaired) electrons. The van der Waals surface area contributed by atoms with E-state index in [0.29, 0.717) is 12.3 Å². The van der Waals surface area contributed by atoms with Crippen LogP contribution in [0.3, 0.4) is 0 Å². The largest absolute Gasteiger partial charge is 0.349 e. The number of rotatable bonds is 4. The molecule has 0 bridgehead atoms. The number of carbonyl (C=O) groups excluding carboxylic acids is 1. The fraction of sp³-hybridized carbons (Fsp3) is 0.588. The van der Waals surface area contributed by atoms with Gasteiger partial charge in [0.25, 0.3) is 0 Å². The maximum absolute atomic E-state index is 13.2. The number of amides is 1. The van der Waals surface area contributed by atoms with Crippen molar-refractivity contribution in [2.75, 3.05) is 13.1 Å². The van der Waals surface area contributed by atoms with Gasteiger partial charge in [0, 0.05) is 6.42 Å². The van der Waals surface area contributed by atoms with Gasteiger partial charge in [-0.1, -0.05) is 6.07 Å². The third kappa shape index (κ3) is 3.62. The number of carbonyl (C=O) groups is 1. The molecule has 1 aromatic carbocycles. The summed E-state index contributed by atoms with van der Waals surface area (Å²) in [5.41, 5.74) is 2.13. The van der Waals surface area contributed by atoms with Gasteiger partial charge in [-0.05, 0) is 74.4 Å². The summed E-state index contributed by atoms with van der Waals surface area (Å²) in [4.78, 5) is 12.1. The first-order chi connectivity index (χ1) is 10.2. The lowest BCUT2D eigenvalue weighted by Gasteiger charge is -2.22. The molecule has 2 N–H and O–H groups in total. The van der Waals surface area contributed by atoms with E-state index in [-0.39, 0.29) is 17.8 Å². The van der Waals surface area contributed by atoms with Gasteiger partial charge >= 0.3 is 0 Å². The van der Waals surface area contributed by atoms with Crippen molar-refractivity contribution < 1.29 is 9.18 Å². The Hall–Kier alpha value is -1.42. The van der Waals surface area contributed by atoms with Gasteiger partial charge in [-0.3, -0.25) is 4.79 Å². The van der Waals surface area contributed by atoms with Crippen molar-refractivity contribution in [3.8, 4) is 0 Å². The third-order valence-electron chi connectivity index (χ3n) is 4.76. The summed E-state index contributed by atoms with van der Waals surface area (Å²) in [5.74, 6) is 0.629. The lowest BCUT2D eigenvalue weighted by molar-refractivity contribution is -0.122. The van der Waals surface area contributed by atoms with Crippen LogP contribution in [0, 0.1) is 11.7 Å². The highest BCUT2D eigenvalue weighted by Crippen LogP contribution is 2.31. The maximum atomic E-state index is 13.2. The zero-order chi connectivity index (χ0) is 14.7. The Morgan fingerprint density at radius 3 is 2.90 bits per heavy atom. The fourth-order valence-electron chi connectivity index (χ4n) is 3.51. The molecule has 2 aliphatic rings. The Kier molecular flexibility index (Phi) is 4.54. The van der Waals surface area contributed by atoms with Crippen LogP contribution in [0.2, 0.25) is 0 Å². The Morgan fingerprint density at radius 1 is 1.29 bits per heavy atom. The van der Waals surface area contributed by atoms with E-state index in [1.165, 1.54) is 18.9 Å². The van der Waals surface area contributed by atoms with Crippen molar-refractivity contribution in [2.24, 2.45) is 5.92 Å². The lowest BCUT2D eigenvalue weighted by Crippen LogP contribution is -2.30. The highest BCUT2D eigenvalue weighted by molar-refractivity contribution is 5.76. The van der Waals surface area contributed by atoms with Crippen LogP contribution in [0.5, 0.6) is 0 Å². The molecule has 0 spiro atoms. The van der Waals surface area contributed by atoms with Crippen molar-refractivity contribution in [3.63, 3.8) is 0 Å². The van der Waals surface area contributed by atoms with E-state index in [9.17, 15) is 9.18 Å². The molecule has 114 valence electrons. The molecule has 1 unspecified atom stereocenters. The molecule has 4 heteroatoms. The smallest absolute Gasteiger partial charge is 0.220 e. The lowest BCUT2D eigenvalue weighted by atomic mass is 9.93. The number of hydrogen-bond donors (Lipinski definition) is 2.